The maximum absolute atomic E-state index is 7.94. The van der Waals surface area contributed by atoms with Crippen LogP contribution in [0.3, 0.4) is 0 Å². The van der Waals surface area contributed by atoms with Gasteiger partial charge in [0.1, 0.15) is 0 Å². The van der Waals surface area contributed by atoms with Crippen molar-refractivity contribution in [3.63, 3.8) is 0 Å². The van der Waals surface area contributed by atoms with Crippen LogP contribution < -0.4 is 0 Å². The fraction of sp³-hybridized carbons (Fsp3) is 0. The zero-order valence-electron chi connectivity index (χ0n) is 2.15. The molecule has 0 amide bonds. The van der Waals surface area contributed by atoms with Crippen molar-refractivity contribution < 1.29 is 24.2 Å². The van der Waals surface area contributed by atoms with Gasteiger partial charge in [0, 0.05) is 18.9 Å². The molecule has 0 N–H and O–H groups in total. The minimum atomic E-state index is 0. The first kappa shape index (κ1) is 21.1. The van der Waals surface area contributed by atoms with E-state index in [2.05, 4.69) is 15.7 Å². The minimum absolute atomic E-state index is 0. The second-order valence-electron chi connectivity index (χ2n) is 0. The van der Waals surface area contributed by atoms with Crippen LogP contribution in [-0.2, 0) is 19.5 Å². The third-order valence-corrected chi connectivity index (χ3v) is 0. The van der Waals surface area contributed by atoms with Gasteiger partial charge < -0.3 is 0 Å². The normalized spacial score (nSPS) is 1.25. The summed E-state index contributed by atoms with van der Waals surface area (Å²) in [6.45, 7) is 0. The van der Waals surface area contributed by atoms with Crippen LogP contribution in [0, 0.1) is 0 Å². The molecule has 0 heterocycles. The number of halogens is 1. The summed E-state index contributed by atoms with van der Waals surface area (Å²) < 4.78 is 7.94. The van der Waals surface area contributed by atoms with Crippen molar-refractivity contribution in [3.05, 3.63) is 0 Å². The third-order valence-electron chi connectivity index (χ3n) is 0. The summed E-state index contributed by atoms with van der Waals surface area (Å²) in [6.07, 6.45) is 0. The van der Waals surface area contributed by atoms with Gasteiger partial charge in [-0.1, -0.05) is 0 Å². The first-order chi connectivity index (χ1) is 1.00. The summed E-state index contributed by atoms with van der Waals surface area (Å²) in [5.41, 5.74) is 0. The molecule has 0 aliphatic rings. The van der Waals surface area contributed by atoms with E-state index < -0.39 is 0 Å². The Bertz CT molecular complexity index is 8.00. The molecule has 4 heteroatoms. The molecule has 24 valence electrons. The van der Waals surface area contributed by atoms with Crippen molar-refractivity contribution in [1.82, 2.24) is 0 Å². The molecule has 0 aromatic heterocycles. The van der Waals surface area contributed by atoms with Crippen molar-refractivity contribution >= 4 is 18.9 Å². The summed E-state index contributed by atoms with van der Waals surface area (Å²) in [7, 11) is 0. The average molecular weight is 102 g/mol. The van der Waals surface area contributed by atoms with Gasteiger partial charge in [0.25, 0.3) is 0 Å². The van der Waals surface area contributed by atoms with Gasteiger partial charge in [-0.15, -0.1) is 0 Å². The second-order valence-corrected chi connectivity index (χ2v) is 0. The van der Waals surface area contributed by atoms with Crippen LogP contribution in [0.15, 0.2) is 0 Å². The Morgan fingerprint density at radius 3 is 1.25 bits per heavy atom. The molecular weight excluding hydrogens is 101 g/mol. The first-order valence-electron chi connectivity index (χ1n) is 0.136. The predicted octanol–water partition coefficient (Wildman–Crippen LogP) is -0.350. The average Bonchev–Trinajstić information content (AvgIpc) is 1.00. The molecule has 0 unspecified atom stereocenters. The Labute approximate surface area is 43.5 Å². The van der Waals surface area contributed by atoms with Crippen molar-refractivity contribution in [1.29, 1.82) is 0 Å². The molecule has 4 heavy (non-hydrogen) atoms. The van der Waals surface area contributed by atoms with E-state index in [1.165, 1.54) is 0 Å². The van der Waals surface area contributed by atoms with Gasteiger partial charge in [-0.05, 0) is 0 Å². The third kappa shape index (κ3) is 13.7. The Hall–Kier alpha value is 0.834. The standard InChI is InChI=1S/Co.FH.Li.O/h;1H;;. The molecule has 0 bridgehead atoms. The molecular formula is HCoFLiO. The summed E-state index contributed by atoms with van der Waals surface area (Å²) in [6, 6.07) is 0. The van der Waals surface area contributed by atoms with E-state index in [1.54, 1.807) is 0 Å². The summed E-state index contributed by atoms with van der Waals surface area (Å²) >= 11 is 2.31. The van der Waals surface area contributed by atoms with Crippen molar-refractivity contribution in [2.24, 2.45) is 0 Å². The van der Waals surface area contributed by atoms with E-state index in [0.29, 0.717) is 0 Å². The van der Waals surface area contributed by atoms with Crippen LogP contribution in [0.5, 0.6) is 0 Å². The van der Waals surface area contributed by atoms with Gasteiger partial charge in [0.2, 0.25) is 0 Å². The van der Waals surface area contributed by atoms with Crippen LogP contribution in [0.4, 0.5) is 4.70 Å². The van der Waals surface area contributed by atoms with Crippen LogP contribution in [0.25, 0.3) is 0 Å². The Morgan fingerprint density at radius 2 is 1.25 bits per heavy atom. The maximum atomic E-state index is 7.94. The molecule has 0 spiro atoms. The van der Waals surface area contributed by atoms with Gasteiger partial charge in [-0.3, -0.25) is 4.70 Å². The molecule has 1 nitrogen and oxygen atoms in total. The van der Waals surface area contributed by atoms with E-state index in [-0.39, 0.29) is 23.6 Å². The van der Waals surface area contributed by atoms with Gasteiger partial charge in [-0.2, -0.15) is 0 Å². The molecule has 0 fully saturated rings. The summed E-state index contributed by atoms with van der Waals surface area (Å²) in [5, 5.41) is 0. The topological polar surface area (TPSA) is 17.1 Å². The quantitative estimate of drug-likeness (QED) is 0.382. The van der Waals surface area contributed by atoms with Crippen molar-refractivity contribution in [3.8, 4) is 0 Å². The Balaban J connectivity index is -0.00000000500. The van der Waals surface area contributed by atoms with Gasteiger partial charge in [0.15, 0.2) is 0 Å². The molecule has 1 radical (unpaired) electrons. The molecule has 0 saturated heterocycles. The monoisotopic (exact) mass is 102 g/mol. The molecule has 0 rings (SSSR count). The molecule has 0 aliphatic heterocycles. The molecule has 0 saturated carbocycles. The van der Waals surface area contributed by atoms with Crippen LogP contribution in [0.2, 0.25) is 0 Å². The Kier molecular flexibility index (Phi) is 234. The predicted molar refractivity (Wildman–Crippen MR) is 8.94 cm³/mol. The zero-order valence-corrected chi connectivity index (χ0v) is 3.19. The summed E-state index contributed by atoms with van der Waals surface area (Å²) in [5.74, 6) is 0. The van der Waals surface area contributed by atoms with Crippen LogP contribution in [-0.4, -0.2) is 18.9 Å². The fourth-order valence-electron chi connectivity index (χ4n) is 0. The van der Waals surface area contributed by atoms with E-state index in [9.17, 15) is 0 Å². The van der Waals surface area contributed by atoms with E-state index >= 15 is 0 Å². The van der Waals surface area contributed by atoms with Gasteiger partial charge in [-0.25, -0.2) is 0 Å². The Morgan fingerprint density at radius 1 is 1.25 bits per heavy atom. The van der Waals surface area contributed by atoms with Crippen LogP contribution >= 0.6 is 0 Å². The number of rotatable bonds is 0. The zero-order chi connectivity index (χ0) is 2.00. The van der Waals surface area contributed by atoms with E-state index in [1.807, 2.05) is 0 Å². The first-order valence-corrected chi connectivity index (χ1v) is 0.561. The molecule has 0 aliphatic carbocycles. The number of hydrogen-bond donors (Lipinski definition) is 0. The van der Waals surface area contributed by atoms with Gasteiger partial charge >= 0.3 is 19.5 Å². The fourth-order valence-corrected chi connectivity index (χ4v) is 0. The van der Waals surface area contributed by atoms with Gasteiger partial charge in [0.05, 0.1) is 0 Å². The van der Waals surface area contributed by atoms with E-state index in [0.717, 1.165) is 0 Å². The van der Waals surface area contributed by atoms with Crippen molar-refractivity contribution in [2.45, 2.75) is 0 Å². The SMILES string of the molecule is F.[Li].[O]=[Co]. The number of hydrogen-bond acceptors (Lipinski definition) is 1. The van der Waals surface area contributed by atoms with Crippen LogP contribution in [0.1, 0.15) is 0 Å². The summed E-state index contributed by atoms with van der Waals surface area (Å²) in [4.78, 5) is 0. The van der Waals surface area contributed by atoms with Crippen molar-refractivity contribution in [2.75, 3.05) is 0 Å². The molecule has 0 aromatic carbocycles. The second kappa shape index (κ2) is 44.3. The van der Waals surface area contributed by atoms with E-state index in [4.69, 9.17) is 3.87 Å². The molecule has 0 atom stereocenters. The molecule has 0 aromatic rings.